The van der Waals surface area contributed by atoms with E-state index in [-0.39, 0.29) is 12.4 Å². The summed E-state index contributed by atoms with van der Waals surface area (Å²) in [6.45, 7) is 1.19. The van der Waals surface area contributed by atoms with Gasteiger partial charge in [0.15, 0.2) is 0 Å². The van der Waals surface area contributed by atoms with Crippen molar-refractivity contribution in [2.24, 2.45) is 0 Å². The normalized spacial score (nSPS) is 12.0. The molecule has 0 heterocycles. The number of aliphatic hydroxyl groups excluding tert-OH is 1. The minimum atomic E-state index is -0.663. The molecule has 2 aromatic carbocycles. The summed E-state index contributed by atoms with van der Waals surface area (Å²) in [5, 5.41) is 18.9. The Morgan fingerprint density at radius 1 is 1.26 bits per heavy atom. The number of nitrogens with zero attached hydrogens (tertiary/aromatic N) is 2. The summed E-state index contributed by atoms with van der Waals surface area (Å²) in [6, 6.07) is 15.2. The SMILES string of the molecule is CN(Cc1cccc(C#N)c1)C[C@@H](O)COc1ccc(F)cc1. The van der Waals surface area contributed by atoms with Gasteiger partial charge in [0.2, 0.25) is 0 Å². The van der Waals surface area contributed by atoms with E-state index in [2.05, 4.69) is 6.07 Å². The lowest BCUT2D eigenvalue weighted by Crippen LogP contribution is -2.32. The molecule has 0 aliphatic rings. The Morgan fingerprint density at radius 3 is 2.70 bits per heavy atom. The van der Waals surface area contributed by atoms with Gasteiger partial charge >= 0.3 is 0 Å². The van der Waals surface area contributed by atoms with Crippen LogP contribution in [0.15, 0.2) is 48.5 Å². The third-order valence-electron chi connectivity index (χ3n) is 3.29. The van der Waals surface area contributed by atoms with Gasteiger partial charge < -0.3 is 9.84 Å². The number of hydrogen-bond acceptors (Lipinski definition) is 4. The average molecular weight is 314 g/mol. The van der Waals surface area contributed by atoms with Crippen LogP contribution in [0.3, 0.4) is 0 Å². The second-order valence-corrected chi connectivity index (χ2v) is 5.43. The average Bonchev–Trinajstić information content (AvgIpc) is 2.54. The van der Waals surface area contributed by atoms with E-state index >= 15 is 0 Å². The third-order valence-corrected chi connectivity index (χ3v) is 3.29. The summed E-state index contributed by atoms with van der Waals surface area (Å²) < 4.78 is 18.2. The van der Waals surface area contributed by atoms with Gasteiger partial charge in [-0.3, -0.25) is 4.90 Å². The molecule has 0 unspecified atom stereocenters. The molecule has 0 radical (unpaired) electrons. The van der Waals surface area contributed by atoms with Gasteiger partial charge in [-0.05, 0) is 49.0 Å². The number of halogens is 1. The second-order valence-electron chi connectivity index (χ2n) is 5.43. The van der Waals surface area contributed by atoms with Crippen LogP contribution in [0.2, 0.25) is 0 Å². The van der Waals surface area contributed by atoms with Gasteiger partial charge in [-0.15, -0.1) is 0 Å². The van der Waals surface area contributed by atoms with Crippen molar-refractivity contribution in [3.8, 4) is 11.8 Å². The van der Waals surface area contributed by atoms with Gasteiger partial charge in [-0.25, -0.2) is 4.39 Å². The van der Waals surface area contributed by atoms with Crippen LogP contribution in [-0.4, -0.2) is 36.3 Å². The number of nitriles is 1. The molecule has 0 saturated heterocycles. The van der Waals surface area contributed by atoms with Crippen LogP contribution in [0, 0.1) is 17.1 Å². The molecule has 23 heavy (non-hydrogen) atoms. The first kappa shape index (κ1) is 16.9. The molecule has 0 bridgehead atoms. The van der Waals surface area contributed by atoms with E-state index in [1.54, 1.807) is 6.07 Å². The summed E-state index contributed by atoms with van der Waals surface area (Å²) in [7, 11) is 1.89. The highest BCUT2D eigenvalue weighted by Crippen LogP contribution is 2.12. The lowest BCUT2D eigenvalue weighted by molar-refractivity contribution is 0.0743. The summed E-state index contributed by atoms with van der Waals surface area (Å²) >= 11 is 0. The lowest BCUT2D eigenvalue weighted by Gasteiger charge is -2.21. The van der Waals surface area contributed by atoms with E-state index < -0.39 is 6.10 Å². The van der Waals surface area contributed by atoms with Crippen molar-refractivity contribution >= 4 is 0 Å². The molecule has 5 heteroatoms. The van der Waals surface area contributed by atoms with Crippen LogP contribution in [0.4, 0.5) is 4.39 Å². The zero-order valence-electron chi connectivity index (χ0n) is 12.9. The Kier molecular flexibility index (Phi) is 6.10. The van der Waals surface area contributed by atoms with Crippen molar-refractivity contribution in [1.82, 2.24) is 4.90 Å². The van der Waals surface area contributed by atoms with Crippen LogP contribution in [0.5, 0.6) is 5.75 Å². The molecule has 0 amide bonds. The Labute approximate surface area is 135 Å². The van der Waals surface area contributed by atoms with Crippen molar-refractivity contribution in [3.05, 3.63) is 65.5 Å². The number of ether oxygens (including phenoxy) is 1. The van der Waals surface area contributed by atoms with Crippen LogP contribution in [0.1, 0.15) is 11.1 Å². The Balaban J connectivity index is 1.78. The van der Waals surface area contributed by atoms with Gasteiger partial charge in [0.05, 0.1) is 11.6 Å². The topological polar surface area (TPSA) is 56.5 Å². The number of hydrogen-bond donors (Lipinski definition) is 1. The number of rotatable bonds is 7. The van der Waals surface area contributed by atoms with Crippen LogP contribution >= 0.6 is 0 Å². The quantitative estimate of drug-likeness (QED) is 0.853. The monoisotopic (exact) mass is 314 g/mol. The molecule has 120 valence electrons. The fourth-order valence-electron chi connectivity index (χ4n) is 2.25. The molecule has 1 N–H and O–H groups in total. The maximum absolute atomic E-state index is 12.8. The molecule has 0 aliphatic heterocycles. The zero-order chi connectivity index (χ0) is 16.7. The van der Waals surface area contributed by atoms with Gasteiger partial charge in [0.1, 0.15) is 24.3 Å². The molecule has 2 aromatic rings. The van der Waals surface area contributed by atoms with Gasteiger partial charge in [0, 0.05) is 13.1 Å². The smallest absolute Gasteiger partial charge is 0.123 e. The Hall–Kier alpha value is -2.42. The van der Waals surface area contributed by atoms with E-state index in [4.69, 9.17) is 10.00 Å². The van der Waals surface area contributed by atoms with Crippen LogP contribution in [-0.2, 0) is 6.54 Å². The molecule has 0 fully saturated rings. The Morgan fingerprint density at radius 2 is 2.00 bits per heavy atom. The second kappa shape index (κ2) is 8.28. The number of aliphatic hydroxyl groups is 1. The summed E-state index contributed by atoms with van der Waals surface area (Å²) in [4.78, 5) is 1.95. The van der Waals surface area contributed by atoms with E-state index in [1.165, 1.54) is 24.3 Å². The van der Waals surface area contributed by atoms with Crippen molar-refractivity contribution in [2.75, 3.05) is 20.2 Å². The van der Waals surface area contributed by atoms with E-state index in [9.17, 15) is 9.50 Å². The molecule has 0 aliphatic carbocycles. The van der Waals surface area contributed by atoms with Gasteiger partial charge in [-0.2, -0.15) is 5.26 Å². The largest absolute Gasteiger partial charge is 0.491 e. The molecule has 0 aromatic heterocycles. The summed E-state index contributed by atoms with van der Waals surface area (Å²) in [5.74, 6) is 0.201. The highest BCUT2D eigenvalue weighted by molar-refractivity contribution is 5.32. The molecule has 0 saturated carbocycles. The lowest BCUT2D eigenvalue weighted by atomic mass is 10.1. The van der Waals surface area contributed by atoms with Gasteiger partial charge in [0.25, 0.3) is 0 Å². The maximum atomic E-state index is 12.8. The van der Waals surface area contributed by atoms with Crippen molar-refractivity contribution in [3.63, 3.8) is 0 Å². The summed E-state index contributed by atoms with van der Waals surface area (Å²) in [5.41, 5.74) is 1.63. The fourth-order valence-corrected chi connectivity index (χ4v) is 2.25. The van der Waals surface area contributed by atoms with E-state index in [0.29, 0.717) is 24.4 Å². The highest BCUT2D eigenvalue weighted by atomic mass is 19.1. The first-order valence-electron chi connectivity index (χ1n) is 7.31. The first-order chi connectivity index (χ1) is 11.1. The van der Waals surface area contributed by atoms with Gasteiger partial charge in [-0.1, -0.05) is 12.1 Å². The molecule has 2 rings (SSSR count). The predicted octanol–water partition coefficient (Wildman–Crippen LogP) is 2.57. The maximum Gasteiger partial charge on any atom is 0.123 e. The van der Waals surface area contributed by atoms with Crippen LogP contribution in [0.25, 0.3) is 0 Å². The predicted molar refractivity (Wildman–Crippen MR) is 85.4 cm³/mol. The standard InChI is InChI=1S/C18H19FN2O2/c1-21(11-15-4-2-3-14(9-15)10-20)12-17(22)13-23-18-7-5-16(19)6-8-18/h2-9,17,22H,11-13H2,1H3/t17-/m1/s1. The van der Waals surface area contributed by atoms with Crippen LogP contribution < -0.4 is 4.74 Å². The number of likely N-dealkylation sites (N-methyl/N-ethyl adjacent to an activating group) is 1. The minimum absolute atomic E-state index is 0.133. The zero-order valence-corrected chi connectivity index (χ0v) is 12.9. The summed E-state index contributed by atoms with van der Waals surface area (Å²) in [6.07, 6.45) is -0.663. The third kappa shape index (κ3) is 5.70. The number of benzene rings is 2. The minimum Gasteiger partial charge on any atom is -0.491 e. The first-order valence-corrected chi connectivity index (χ1v) is 7.31. The van der Waals surface area contributed by atoms with E-state index in [1.807, 2.05) is 30.1 Å². The molecule has 0 spiro atoms. The van der Waals surface area contributed by atoms with Crippen molar-refractivity contribution in [2.45, 2.75) is 12.6 Å². The Bertz CT molecular complexity index is 667. The van der Waals surface area contributed by atoms with Crippen molar-refractivity contribution in [1.29, 1.82) is 5.26 Å². The van der Waals surface area contributed by atoms with E-state index in [0.717, 1.165) is 5.56 Å². The molecular formula is C18H19FN2O2. The van der Waals surface area contributed by atoms with Crippen molar-refractivity contribution < 1.29 is 14.2 Å². The fraction of sp³-hybridized carbons (Fsp3) is 0.278. The molecule has 1 atom stereocenters. The molecule has 4 nitrogen and oxygen atoms in total. The molecular weight excluding hydrogens is 295 g/mol. The highest BCUT2D eigenvalue weighted by Gasteiger charge is 2.10.